The predicted molar refractivity (Wildman–Crippen MR) is 62.3 cm³/mol. The van der Waals surface area contributed by atoms with Crippen molar-refractivity contribution in [2.75, 3.05) is 0 Å². The summed E-state index contributed by atoms with van der Waals surface area (Å²) < 4.78 is 13.2. The van der Waals surface area contributed by atoms with Gasteiger partial charge >= 0.3 is 0 Å². The number of allylic oxidation sites excluding steroid dienone is 1. The fraction of sp³-hybridized carbons (Fsp3) is 0.0833. The first kappa shape index (κ1) is 10.1. The quantitative estimate of drug-likeness (QED) is 0.739. The number of hydrogen-bond acceptors (Lipinski definition) is 2. The van der Waals surface area contributed by atoms with Crippen LogP contribution in [-0.4, -0.2) is 4.98 Å². The monoisotopic (exact) mass is 219 g/mol. The summed E-state index contributed by atoms with van der Waals surface area (Å²) in [6.07, 6.45) is 3.20. The maximum atomic E-state index is 13.2. The highest BCUT2D eigenvalue weighted by atomic mass is 32.1. The van der Waals surface area contributed by atoms with E-state index in [1.807, 2.05) is 24.3 Å². The van der Waals surface area contributed by atoms with E-state index in [2.05, 4.69) is 4.98 Å². The Hall–Kier alpha value is -1.48. The van der Waals surface area contributed by atoms with Crippen LogP contribution < -0.4 is 0 Å². The molecule has 0 spiro atoms. The fourth-order valence-corrected chi connectivity index (χ4v) is 2.14. The number of hydrogen-bond donors (Lipinski definition) is 0. The van der Waals surface area contributed by atoms with E-state index < -0.39 is 0 Å². The van der Waals surface area contributed by atoms with Gasteiger partial charge in [-0.15, -0.1) is 11.3 Å². The molecule has 15 heavy (non-hydrogen) atoms. The van der Waals surface area contributed by atoms with Gasteiger partial charge in [0.2, 0.25) is 0 Å². The van der Waals surface area contributed by atoms with Gasteiger partial charge in [-0.2, -0.15) is 0 Å². The Bertz CT molecular complexity index is 473. The number of aromatic nitrogens is 1. The van der Waals surface area contributed by atoms with Crippen LogP contribution in [-0.2, 0) is 0 Å². The lowest BCUT2D eigenvalue weighted by atomic mass is 10.2. The molecule has 0 fully saturated rings. The maximum absolute atomic E-state index is 13.2. The van der Waals surface area contributed by atoms with E-state index in [1.54, 1.807) is 18.5 Å². The zero-order chi connectivity index (χ0) is 10.7. The van der Waals surface area contributed by atoms with Crippen molar-refractivity contribution in [1.29, 1.82) is 0 Å². The van der Waals surface area contributed by atoms with Crippen molar-refractivity contribution in [3.05, 3.63) is 47.5 Å². The molecule has 1 nitrogen and oxygen atoms in total. The van der Waals surface area contributed by atoms with Gasteiger partial charge in [0.1, 0.15) is 5.83 Å². The molecule has 2 aromatic heterocycles. The molecule has 0 saturated carbocycles. The Balaban J connectivity index is 2.36. The van der Waals surface area contributed by atoms with Crippen molar-refractivity contribution in [2.45, 2.75) is 6.92 Å². The second kappa shape index (κ2) is 4.36. The largest absolute Gasteiger partial charge is 0.255 e. The van der Waals surface area contributed by atoms with Crippen LogP contribution in [0.5, 0.6) is 0 Å². The minimum absolute atomic E-state index is 0.187. The molecule has 2 heterocycles. The smallest absolute Gasteiger partial charge is 0.127 e. The second-order valence-corrected chi connectivity index (χ2v) is 3.96. The highest BCUT2D eigenvalue weighted by molar-refractivity contribution is 7.13. The lowest BCUT2D eigenvalue weighted by Crippen LogP contribution is -1.76. The van der Waals surface area contributed by atoms with Gasteiger partial charge in [-0.05, 0) is 25.1 Å². The van der Waals surface area contributed by atoms with Gasteiger partial charge in [0, 0.05) is 17.1 Å². The molecule has 76 valence electrons. The van der Waals surface area contributed by atoms with E-state index in [0.29, 0.717) is 5.56 Å². The topological polar surface area (TPSA) is 12.9 Å². The van der Waals surface area contributed by atoms with Crippen LogP contribution in [0.25, 0.3) is 16.4 Å². The molecule has 0 unspecified atom stereocenters. The third-order valence-corrected chi connectivity index (χ3v) is 3.00. The fourth-order valence-electron chi connectivity index (χ4n) is 1.27. The van der Waals surface area contributed by atoms with Gasteiger partial charge in [-0.3, -0.25) is 4.98 Å². The second-order valence-electron chi connectivity index (χ2n) is 3.05. The first-order valence-electron chi connectivity index (χ1n) is 4.63. The summed E-state index contributed by atoms with van der Waals surface area (Å²) in [5, 5.41) is 1.80. The van der Waals surface area contributed by atoms with Crippen molar-refractivity contribution in [3.63, 3.8) is 0 Å². The number of thiophene rings is 1. The van der Waals surface area contributed by atoms with Crippen molar-refractivity contribution in [1.82, 2.24) is 4.98 Å². The van der Waals surface area contributed by atoms with Gasteiger partial charge in [0.15, 0.2) is 0 Å². The van der Waals surface area contributed by atoms with Gasteiger partial charge in [-0.25, -0.2) is 4.39 Å². The number of halogens is 1. The van der Waals surface area contributed by atoms with Crippen molar-refractivity contribution in [2.24, 2.45) is 0 Å². The standard InChI is InChI=1S/C12H10FNS/c1-2-10(13)9-7-12(15-8-9)11-5-3-4-6-14-11/h2-8H,1H3/b10-2-. The molecule has 0 N–H and O–H groups in total. The molecule has 0 saturated heterocycles. The van der Waals surface area contributed by atoms with E-state index in [0.717, 1.165) is 10.6 Å². The molecule has 0 aliphatic heterocycles. The summed E-state index contributed by atoms with van der Waals surface area (Å²) >= 11 is 1.50. The molecule has 2 rings (SSSR count). The SMILES string of the molecule is C/C=C(\F)c1csc(-c2ccccn2)c1. The third-order valence-electron chi connectivity index (χ3n) is 2.05. The average molecular weight is 219 g/mol. The minimum atomic E-state index is -0.187. The molecule has 0 atom stereocenters. The highest BCUT2D eigenvalue weighted by Gasteiger charge is 2.05. The Morgan fingerprint density at radius 1 is 1.47 bits per heavy atom. The number of pyridine rings is 1. The summed E-state index contributed by atoms with van der Waals surface area (Å²) in [6, 6.07) is 7.53. The van der Waals surface area contributed by atoms with E-state index >= 15 is 0 Å². The molecule has 0 amide bonds. The molecule has 0 bridgehead atoms. The third kappa shape index (κ3) is 2.13. The van der Waals surface area contributed by atoms with Crippen LogP contribution in [0, 0.1) is 0 Å². The minimum Gasteiger partial charge on any atom is -0.255 e. The van der Waals surface area contributed by atoms with Gasteiger partial charge in [0.05, 0.1) is 10.6 Å². The van der Waals surface area contributed by atoms with E-state index in [9.17, 15) is 4.39 Å². The van der Waals surface area contributed by atoms with Crippen LogP contribution in [0.3, 0.4) is 0 Å². The van der Waals surface area contributed by atoms with E-state index in [-0.39, 0.29) is 5.83 Å². The molecule has 0 aromatic carbocycles. The predicted octanol–water partition coefficient (Wildman–Crippen LogP) is 4.14. The summed E-state index contributed by atoms with van der Waals surface area (Å²) in [4.78, 5) is 5.20. The van der Waals surface area contributed by atoms with Crippen molar-refractivity contribution >= 4 is 17.2 Å². The van der Waals surface area contributed by atoms with Gasteiger partial charge in [-0.1, -0.05) is 12.1 Å². The van der Waals surface area contributed by atoms with Gasteiger partial charge < -0.3 is 0 Å². The lowest BCUT2D eigenvalue weighted by molar-refractivity contribution is 0.759. The Kier molecular flexibility index (Phi) is 2.92. The molecule has 0 aliphatic rings. The molecule has 0 radical (unpaired) electrons. The summed E-state index contributed by atoms with van der Waals surface area (Å²) in [5.41, 5.74) is 1.51. The summed E-state index contributed by atoms with van der Waals surface area (Å²) in [6.45, 7) is 1.69. The first-order valence-corrected chi connectivity index (χ1v) is 5.51. The van der Waals surface area contributed by atoms with E-state index in [4.69, 9.17) is 0 Å². The van der Waals surface area contributed by atoms with Gasteiger partial charge in [0.25, 0.3) is 0 Å². The van der Waals surface area contributed by atoms with Crippen LogP contribution in [0.1, 0.15) is 12.5 Å². The average Bonchev–Trinajstić information content (AvgIpc) is 2.78. The molecular formula is C12H10FNS. The van der Waals surface area contributed by atoms with Crippen molar-refractivity contribution in [3.8, 4) is 10.6 Å². The molecule has 3 heteroatoms. The zero-order valence-electron chi connectivity index (χ0n) is 8.27. The van der Waals surface area contributed by atoms with Crippen LogP contribution in [0.2, 0.25) is 0 Å². The Morgan fingerprint density at radius 3 is 3.00 bits per heavy atom. The zero-order valence-corrected chi connectivity index (χ0v) is 9.09. The van der Waals surface area contributed by atoms with Crippen molar-refractivity contribution < 1.29 is 4.39 Å². The molecule has 2 aromatic rings. The highest BCUT2D eigenvalue weighted by Crippen LogP contribution is 2.29. The Morgan fingerprint density at radius 2 is 2.33 bits per heavy atom. The molecule has 0 aliphatic carbocycles. The maximum Gasteiger partial charge on any atom is 0.127 e. The first-order chi connectivity index (χ1) is 7.31. The lowest BCUT2D eigenvalue weighted by Gasteiger charge is -1.93. The summed E-state index contributed by atoms with van der Waals surface area (Å²) in [7, 11) is 0. The molecular weight excluding hydrogens is 209 g/mol. The van der Waals surface area contributed by atoms with Crippen LogP contribution >= 0.6 is 11.3 Å². The Labute approximate surface area is 91.9 Å². The number of rotatable bonds is 2. The number of nitrogens with zero attached hydrogens (tertiary/aromatic N) is 1. The van der Waals surface area contributed by atoms with Crippen LogP contribution in [0.4, 0.5) is 4.39 Å². The normalized spacial score (nSPS) is 11.7. The van der Waals surface area contributed by atoms with E-state index in [1.165, 1.54) is 17.4 Å². The summed E-state index contributed by atoms with van der Waals surface area (Å²) in [5.74, 6) is -0.187. The van der Waals surface area contributed by atoms with Crippen LogP contribution in [0.15, 0.2) is 41.9 Å².